The number of hydrogen-bond acceptors (Lipinski definition) is 3. The van der Waals surface area contributed by atoms with E-state index < -0.39 is 6.10 Å². The number of benzene rings is 1. The molecule has 0 aliphatic carbocycles. The number of ether oxygens (including phenoxy) is 1. The Hall–Kier alpha value is -0.480. The van der Waals surface area contributed by atoms with Crippen molar-refractivity contribution in [2.45, 2.75) is 39.3 Å². The van der Waals surface area contributed by atoms with E-state index in [4.69, 9.17) is 27.9 Å². The van der Waals surface area contributed by atoms with Crippen molar-refractivity contribution in [3.8, 4) is 5.75 Å². The second-order valence-electron chi connectivity index (χ2n) is 5.48. The maximum absolute atomic E-state index is 9.87. The molecule has 0 aliphatic heterocycles. The molecule has 1 aromatic rings. The van der Waals surface area contributed by atoms with Crippen LogP contribution in [0.4, 0.5) is 0 Å². The third-order valence-corrected chi connectivity index (χ3v) is 3.60. The minimum absolute atomic E-state index is 0.222. The van der Waals surface area contributed by atoms with Crippen molar-refractivity contribution in [1.82, 2.24) is 5.32 Å². The first-order valence-electron chi connectivity index (χ1n) is 6.87. The predicted octanol–water partition coefficient (Wildman–Crippen LogP) is 3.76. The number of aliphatic hydroxyl groups excluding tert-OH is 1. The van der Waals surface area contributed by atoms with Gasteiger partial charge >= 0.3 is 0 Å². The lowest BCUT2D eigenvalue weighted by molar-refractivity contribution is 0.103. The third-order valence-electron chi connectivity index (χ3n) is 2.86. The topological polar surface area (TPSA) is 41.5 Å². The van der Waals surface area contributed by atoms with Gasteiger partial charge in [-0.05, 0) is 31.4 Å². The molecule has 0 aliphatic rings. The summed E-state index contributed by atoms with van der Waals surface area (Å²) in [6, 6.07) is 5.44. The van der Waals surface area contributed by atoms with Crippen LogP contribution in [-0.4, -0.2) is 30.4 Å². The van der Waals surface area contributed by atoms with Gasteiger partial charge < -0.3 is 15.2 Å². The van der Waals surface area contributed by atoms with E-state index >= 15 is 0 Å². The Morgan fingerprint density at radius 3 is 2.50 bits per heavy atom. The standard InChI is InChI=1S/C15H23Cl2NO2/c1-10(2)6-11(3)18-8-12(19)9-20-13-4-5-14(16)15(17)7-13/h4-5,7,10-12,18-19H,6,8-9H2,1-3H3. The largest absolute Gasteiger partial charge is 0.491 e. The number of aliphatic hydroxyl groups is 1. The van der Waals surface area contributed by atoms with E-state index in [1.807, 2.05) is 0 Å². The highest BCUT2D eigenvalue weighted by Crippen LogP contribution is 2.26. The fourth-order valence-corrected chi connectivity index (χ4v) is 2.23. The maximum atomic E-state index is 9.87. The average molecular weight is 320 g/mol. The molecule has 0 saturated carbocycles. The zero-order valence-electron chi connectivity index (χ0n) is 12.2. The first-order chi connectivity index (χ1) is 9.38. The first kappa shape index (κ1) is 17.6. The van der Waals surface area contributed by atoms with Gasteiger partial charge in [-0.2, -0.15) is 0 Å². The van der Waals surface area contributed by atoms with Gasteiger partial charge in [0.2, 0.25) is 0 Å². The van der Waals surface area contributed by atoms with Gasteiger partial charge in [0.05, 0.1) is 10.0 Å². The van der Waals surface area contributed by atoms with Crippen LogP contribution in [0.2, 0.25) is 10.0 Å². The van der Waals surface area contributed by atoms with Crippen LogP contribution < -0.4 is 10.1 Å². The molecule has 1 rings (SSSR count). The van der Waals surface area contributed by atoms with Crippen LogP contribution in [0.3, 0.4) is 0 Å². The summed E-state index contributed by atoms with van der Waals surface area (Å²) in [5, 5.41) is 14.1. The van der Waals surface area contributed by atoms with Crippen LogP contribution in [-0.2, 0) is 0 Å². The minimum atomic E-state index is -0.556. The summed E-state index contributed by atoms with van der Waals surface area (Å²) in [4.78, 5) is 0. The molecule has 0 bridgehead atoms. The second kappa shape index (κ2) is 8.73. The first-order valence-corrected chi connectivity index (χ1v) is 7.63. The molecule has 0 heterocycles. The summed E-state index contributed by atoms with van der Waals surface area (Å²) >= 11 is 11.7. The highest BCUT2D eigenvalue weighted by atomic mass is 35.5. The smallest absolute Gasteiger partial charge is 0.121 e. The molecule has 0 fully saturated rings. The molecule has 0 spiro atoms. The number of rotatable bonds is 8. The lowest BCUT2D eigenvalue weighted by atomic mass is 10.1. The number of nitrogens with one attached hydrogen (secondary N) is 1. The van der Waals surface area contributed by atoms with E-state index in [0.29, 0.717) is 34.3 Å². The van der Waals surface area contributed by atoms with Gasteiger partial charge in [-0.15, -0.1) is 0 Å². The summed E-state index contributed by atoms with van der Waals surface area (Å²) in [5.41, 5.74) is 0. The molecule has 2 atom stereocenters. The summed E-state index contributed by atoms with van der Waals surface area (Å²) in [6.07, 6.45) is 0.527. The van der Waals surface area contributed by atoms with Gasteiger partial charge in [0.15, 0.2) is 0 Å². The maximum Gasteiger partial charge on any atom is 0.121 e. The van der Waals surface area contributed by atoms with E-state index in [9.17, 15) is 5.11 Å². The molecule has 0 amide bonds. The minimum Gasteiger partial charge on any atom is -0.491 e. The van der Waals surface area contributed by atoms with Gasteiger partial charge in [0.1, 0.15) is 18.5 Å². The Bertz CT molecular complexity index is 413. The second-order valence-corrected chi connectivity index (χ2v) is 6.29. The van der Waals surface area contributed by atoms with Crippen LogP contribution in [0.25, 0.3) is 0 Å². The molecular formula is C15H23Cl2NO2. The molecule has 0 saturated heterocycles. The van der Waals surface area contributed by atoms with Gasteiger partial charge in [0.25, 0.3) is 0 Å². The van der Waals surface area contributed by atoms with Crippen LogP contribution in [0.15, 0.2) is 18.2 Å². The van der Waals surface area contributed by atoms with Crippen molar-refractivity contribution >= 4 is 23.2 Å². The molecule has 0 radical (unpaired) electrons. The van der Waals surface area contributed by atoms with E-state index in [-0.39, 0.29) is 6.61 Å². The van der Waals surface area contributed by atoms with Gasteiger partial charge in [-0.1, -0.05) is 37.0 Å². The molecular weight excluding hydrogens is 297 g/mol. The Kier molecular flexibility index (Phi) is 7.67. The van der Waals surface area contributed by atoms with Crippen molar-refractivity contribution in [2.75, 3.05) is 13.2 Å². The highest BCUT2D eigenvalue weighted by Gasteiger charge is 2.09. The average Bonchev–Trinajstić information content (AvgIpc) is 2.37. The highest BCUT2D eigenvalue weighted by molar-refractivity contribution is 6.42. The summed E-state index contributed by atoms with van der Waals surface area (Å²) in [6.45, 7) is 7.21. The Morgan fingerprint density at radius 2 is 1.90 bits per heavy atom. The van der Waals surface area contributed by atoms with Gasteiger partial charge in [-0.25, -0.2) is 0 Å². The van der Waals surface area contributed by atoms with Crippen molar-refractivity contribution in [2.24, 2.45) is 5.92 Å². The monoisotopic (exact) mass is 319 g/mol. The van der Waals surface area contributed by atoms with Crippen LogP contribution in [0.1, 0.15) is 27.2 Å². The van der Waals surface area contributed by atoms with Gasteiger partial charge in [0, 0.05) is 18.7 Å². The van der Waals surface area contributed by atoms with Crippen LogP contribution in [0, 0.1) is 5.92 Å². The van der Waals surface area contributed by atoms with E-state index in [1.54, 1.807) is 18.2 Å². The zero-order valence-corrected chi connectivity index (χ0v) is 13.7. The fourth-order valence-electron chi connectivity index (χ4n) is 1.95. The summed E-state index contributed by atoms with van der Waals surface area (Å²) < 4.78 is 5.48. The zero-order chi connectivity index (χ0) is 15.1. The summed E-state index contributed by atoms with van der Waals surface area (Å²) in [7, 11) is 0. The van der Waals surface area contributed by atoms with Crippen molar-refractivity contribution in [3.05, 3.63) is 28.2 Å². The normalized spacial score (nSPS) is 14.3. The fraction of sp³-hybridized carbons (Fsp3) is 0.600. The van der Waals surface area contributed by atoms with E-state index in [2.05, 4.69) is 26.1 Å². The van der Waals surface area contributed by atoms with Crippen molar-refractivity contribution in [1.29, 1.82) is 0 Å². The molecule has 2 N–H and O–H groups in total. The van der Waals surface area contributed by atoms with Gasteiger partial charge in [-0.3, -0.25) is 0 Å². The lowest BCUT2D eigenvalue weighted by Crippen LogP contribution is -2.37. The third kappa shape index (κ3) is 6.80. The number of halogens is 2. The SMILES string of the molecule is CC(C)CC(C)NCC(O)COc1ccc(Cl)c(Cl)c1. The predicted molar refractivity (Wildman–Crippen MR) is 84.9 cm³/mol. The van der Waals surface area contributed by atoms with E-state index in [1.165, 1.54) is 0 Å². The molecule has 0 aromatic heterocycles. The molecule has 3 nitrogen and oxygen atoms in total. The Balaban J connectivity index is 2.28. The molecule has 1 aromatic carbocycles. The summed E-state index contributed by atoms with van der Waals surface area (Å²) in [5.74, 6) is 1.25. The Labute approximate surface area is 131 Å². The van der Waals surface area contributed by atoms with Crippen LogP contribution in [0.5, 0.6) is 5.75 Å². The number of hydrogen-bond donors (Lipinski definition) is 2. The van der Waals surface area contributed by atoms with E-state index in [0.717, 1.165) is 6.42 Å². The molecule has 5 heteroatoms. The van der Waals surface area contributed by atoms with Crippen LogP contribution >= 0.6 is 23.2 Å². The van der Waals surface area contributed by atoms with Crippen molar-refractivity contribution < 1.29 is 9.84 Å². The van der Waals surface area contributed by atoms with Crippen molar-refractivity contribution in [3.63, 3.8) is 0 Å². The molecule has 2 unspecified atom stereocenters. The quantitative estimate of drug-likeness (QED) is 0.766. The Morgan fingerprint density at radius 1 is 1.20 bits per heavy atom. The lowest BCUT2D eigenvalue weighted by Gasteiger charge is -2.19. The molecule has 114 valence electrons. The molecule has 20 heavy (non-hydrogen) atoms.